The third-order valence-corrected chi connectivity index (χ3v) is 5.27. The van der Waals surface area contributed by atoms with Crippen LogP contribution in [0.1, 0.15) is 0 Å². The molecule has 4 rings (SSSR count). The Kier molecular flexibility index (Phi) is 6.28. The average Bonchev–Trinajstić information content (AvgIpc) is 3.22. The summed E-state index contributed by atoms with van der Waals surface area (Å²) in [5, 5.41) is 0.792. The van der Waals surface area contributed by atoms with Crippen molar-refractivity contribution in [2.45, 2.75) is 0 Å². The summed E-state index contributed by atoms with van der Waals surface area (Å²) in [5.74, 6) is -1.39. The van der Waals surface area contributed by atoms with Crippen LogP contribution in [0.5, 0.6) is 0 Å². The van der Waals surface area contributed by atoms with Gasteiger partial charge < -0.3 is 14.8 Å². The molecular formula is C25H23F2N5O. The lowest BCUT2D eigenvalue weighted by Crippen LogP contribution is -2.25. The highest BCUT2D eigenvalue weighted by Gasteiger charge is 2.15. The number of rotatable bonds is 6. The zero-order chi connectivity index (χ0) is 23.5. The Morgan fingerprint density at radius 3 is 2.61 bits per heavy atom. The van der Waals surface area contributed by atoms with Crippen molar-refractivity contribution in [1.29, 1.82) is 0 Å². The van der Waals surface area contributed by atoms with Gasteiger partial charge in [-0.2, -0.15) is 4.39 Å². The van der Waals surface area contributed by atoms with Crippen molar-refractivity contribution >= 4 is 22.6 Å². The average molecular weight is 447 g/mol. The fourth-order valence-electron chi connectivity index (χ4n) is 3.51. The van der Waals surface area contributed by atoms with Gasteiger partial charge in [0.1, 0.15) is 11.5 Å². The minimum Gasteiger partial charge on any atom is -0.346 e. The molecule has 3 heterocycles. The van der Waals surface area contributed by atoms with E-state index in [1.165, 1.54) is 36.4 Å². The third kappa shape index (κ3) is 4.80. The fraction of sp³-hybridized carbons (Fsp3) is 0.160. The van der Waals surface area contributed by atoms with Gasteiger partial charge in [0.2, 0.25) is 5.95 Å². The minimum absolute atomic E-state index is 0.164. The standard InChI is InChI=1S/C25H23F2N5O/c1-31(2)10-4-5-24(33)32(3)22-12-16(6-7-21(22)26)18-11-19-20(15-30-25(19)29-14-18)17-8-9-28-23(27)13-17/h4-9,11-15H,10H2,1-3H3,(H,29,30)/b5-4+. The number of carbonyl (C=O) groups is 1. The van der Waals surface area contributed by atoms with Gasteiger partial charge in [-0.1, -0.05) is 12.1 Å². The Balaban J connectivity index is 1.69. The van der Waals surface area contributed by atoms with Crippen molar-refractivity contribution in [3.05, 3.63) is 78.9 Å². The van der Waals surface area contributed by atoms with Crippen LogP contribution in [0.4, 0.5) is 14.5 Å². The first-order valence-corrected chi connectivity index (χ1v) is 10.3. The van der Waals surface area contributed by atoms with Crippen molar-refractivity contribution < 1.29 is 13.6 Å². The van der Waals surface area contributed by atoms with Gasteiger partial charge in [-0.15, -0.1) is 0 Å². The molecule has 0 spiro atoms. The normalized spacial score (nSPS) is 11.6. The van der Waals surface area contributed by atoms with E-state index in [2.05, 4.69) is 15.0 Å². The number of pyridine rings is 2. The molecule has 0 bridgehead atoms. The number of benzene rings is 1. The van der Waals surface area contributed by atoms with Crippen LogP contribution in [0.15, 0.2) is 67.1 Å². The van der Waals surface area contributed by atoms with Crippen LogP contribution >= 0.6 is 0 Å². The lowest BCUT2D eigenvalue weighted by Gasteiger charge is -2.17. The van der Waals surface area contributed by atoms with Crippen LogP contribution in [-0.4, -0.2) is 53.4 Å². The molecule has 0 aliphatic heterocycles. The maximum atomic E-state index is 14.6. The molecule has 8 heteroatoms. The summed E-state index contributed by atoms with van der Waals surface area (Å²) in [6, 6.07) is 9.57. The highest BCUT2D eigenvalue weighted by atomic mass is 19.1. The summed E-state index contributed by atoms with van der Waals surface area (Å²) < 4.78 is 28.2. The van der Waals surface area contributed by atoms with Gasteiger partial charge in [0.15, 0.2) is 0 Å². The number of fused-ring (bicyclic) bond motifs is 1. The van der Waals surface area contributed by atoms with Crippen LogP contribution in [-0.2, 0) is 4.79 Å². The van der Waals surface area contributed by atoms with Gasteiger partial charge in [0.05, 0.1) is 5.69 Å². The number of nitrogens with zero attached hydrogens (tertiary/aromatic N) is 4. The van der Waals surface area contributed by atoms with Crippen molar-refractivity contribution in [2.75, 3.05) is 32.6 Å². The Morgan fingerprint density at radius 1 is 1.03 bits per heavy atom. The molecule has 168 valence electrons. The molecular weight excluding hydrogens is 424 g/mol. The second kappa shape index (κ2) is 9.30. The van der Waals surface area contributed by atoms with Crippen molar-refractivity contribution in [3.8, 4) is 22.3 Å². The van der Waals surface area contributed by atoms with E-state index < -0.39 is 11.8 Å². The Hall–Kier alpha value is -3.91. The van der Waals surface area contributed by atoms with Gasteiger partial charge in [0, 0.05) is 60.8 Å². The van der Waals surface area contributed by atoms with Crippen LogP contribution in [0.3, 0.4) is 0 Å². The molecule has 1 N–H and O–H groups in total. The molecule has 0 saturated heterocycles. The summed E-state index contributed by atoms with van der Waals surface area (Å²) in [6.45, 7) is 0.605. The largest absolute Gasteiger partial charge is 0.346 e. The van der Waals surface area contributed by atoms with Gasteiger partial charge in [-0.3, -0.25) is 4.79 Å². The predicted molar refractivity (Wildman–Crippen MR) is 126 cm³/mol. The Labute approximate surface area is 190 Å². The zero-order valence-electron chi connectivity index (χ0n) is 18.5. The van der Waals surface area contributed by atoms with E-state index in [4.69, 9.17) is 0 Å². The molecule has 0 fully saturated rings. The maximum absolute atomic E-state index is 14.6. The fourth-order valence-corrected chi connectivity index (χ4v) is 3.51. The van der Waals surface area contributed by atoms with E-state index >= 15 is 0 Å². The number of H-pyrrole nitrogens is 1. The summed E-state index contributed by atoms with van der Waals surface area (Å²) in [6.07, 6.45) is 8.00. The molecule has 0 saturated carbocycles. The van der Waals surface area contributed by atoms with Crippen LogP contribution in [0.25, 0.3) is 33.3 Å². The molecule has 0 radical (unpaired) electrons. The lowest BCUT2D eigenvalue weighted by atomic mass is 10.0. The predicted octanol–water partition coefficient (Wildman–Crippen LogP) is 4.65. The second-order valence-electron chi connectivity index (χ2n) is 7.92. The SMILES string of the molecule is CN(C)C/C=C/C(=O)N(C)c1cc(-c2cnc3[nH]cc(-c4ccnc(F)c4)c3c2)ccc1F. The second-order valence-corrected chi connectivity index (χ2v) is 7.92. The van der Waals surface area contributed by atoms with Crippen molar-refractivity contribution in [2.24, 2.45) is 0 Å². The van der Waals surface area contributed by atoms with Gasteiger partial charge >= 0.3 is 0 Å². The zero-order valence-corrected chi connectivity index (χ0v) is 18.5. The minimum atomic E-state index is -0.568. The number of likely N-dealkylation sites (N-methyl/N-ethyl adjacent to an activating group) is 2. The third-order valence-electron chi connectivity index (χ3n) is 5.27. The summed E-state index contributed by atoms with van der Waals surface area (Å²) in [5.41, 5.74) is 3.70. The molecule has 0 atom stereocenters. The lowest BCUT2D eigenvalue weighted by molar-refractivity contribution is -0.113. The molecule has 6 nitrogen and oxygen atoms in total. The highest BCUT2D eigenvalue weighted by Crippen LogP contribution is 2.32. The number of anilines is 1. The van der Waals surface area contributed by atoms with Crippen molar-refractivity contribution in [1.82, 2.24) is 19.9 Å². The number of aromatic amines is 1. The quantitative estimate of drug-likeness (QED) is 0.345. The van der Waals surface area contributed by atoms with E-state index in [-0.39, 0.29) is 11.6 Å². The van der Waals surface area contributed by atoms with E-state index in [0.717, 1.165) is 16.5 Å². The maximum Gasteiger partial charge on any atom is 0.250 e. The topological polar surface area (TPSA) is 65.1 Å². The first kappa shape index (κ1) is 22.3. The number of hydrogen-bond acceptors (Lipinski definition) is 4. The van der Waals surface area contributed by atoms with Crippen molar-refractivity contribution in [3.63, 3.8) is 0 Å². The van der Waals surface area contributed by atoms with Crippen LogP contribution in [0.2, 0.25) is 0 Å². The van der Waals surface area contributed by atoms with Gasteiger partial charge in [-0.25, -0.2) is 14.4 Å². The number of carbonyl (C=O) groups excluding carboxylic acids is 1. The van der Waals surface area contributed by atoms with E-state index in [0.29, 0.717) is 23.3 Å². The van der Waals surface area contributed by atoms with Gasteiger partial charge in [0.25, 0.3) is 5.91 Å². The van der Waals surface area contributed by atoms with E-state index in [9.17, 15) is 13.6 Å². The van der Waals surface area contributed by atoms with E-state index in [1.54, 1.807) is 36.7 Å². The monoisotopic (exact) mass is 447 g/mol. The molecule has 0 aliphatic rings. The molecule has 1 aromatic carbocycles. The summed E-state index contributed by atoms with van der Waals surface area (Å²) >= 11 is 0. The molecule has 4 aromatic rings. The molecule has 0 aliphatic carbocycles. The van der Waals surface area contributed by atoms with E-state index in [1.807, 2.05) is 25.1 Å². The number of halogens is 2. The highest BCUT2D eigenvalue weighted by molar-refractivity contribution is 6.01. The smallest absolute Gasteiger partial charge is 0.250 e. The first-order chi connectivity index (χ1) is 15.8. The van der Waals surface area contributed by atoms with Crippen LogP contribution in [0, 0.1) is 11.8 Å². The number of nitrogens with one attached hydrogen (secondary N) is 1. The summed E-state index contributed by atoms with van der Waals surface area (Å²) in [4.78, 5) is 26.8. The number of amides is 1. The van der Waals surface area contributed by atoms with Crippen LogP contribution < -0.4 is 4.90 Å². The Bertz CT molecular complexity index is 1350. The molecule has 33 heavy (non-hydrogen) atoms. The summed E-state index contributed by atoms with van der Waals surface area (Å²) in [7, 11) is 5.33. The Morgan fingerprint density at radius 2 is 1.85 bits per heavy atom. The number of hydrogen-bond donors (Lipinski definition) is 1. The number of aromatic nitrogens is 3. The molecule has 0 unspecified atom stereocenters. The molecule has 1 amide bonds. The van der Waals surface area contributed by atoms with Gasteiger partial charge in [-0.05, 0) is 49.5 Å². The molecule has 3 aromatic heterocycles. The first-order valence-electron chi connectivity index (χ1n) is 10.3.